The number of halogens is 3. The summed E-state index contributed by atoms with van der Waals surface area (Å²) in [6.07, 6.45) is -5.35. The van der Waals surface area contributed by atoms with Gasteiger partial charge in [-0.15, -0.1) is 0 Å². The number of hydrogen-bond donors (Lipinski definition) is 1. The smallest absolute Gasteiger partial charge is 0.416 e. The Morgan fingerprint density at radius 1 is 1.23 bits per heavy atom. The maximum atomic E-state index is 13.0. The third-order valence-electron chi connectivity index (χ3n) is 3.66. The van der Waals surface area contributed by atoms with Crippen molar-refractivity contribution in [2.24, 2.45) is 0 Å². The Morgan fingerprint density at radius 3 is 2.31 bits per heavy atom. The van der Waals surface area contributed by atoms with Crippen LogP contribution in [0.3, 0.4) is 0 Å². The summed E-state index contributed by atoms with van der Waals surface area (Å²) in [5, 5.41) is 1.55. The highest BCUT2D eigenvalue weighted by Crippen LogP contribution is 2.35. The average Bonchev–Trinajstić information content (AvgIpc) is 2.43. The molecule has 0 saturated heterocycles. The molecule has 0 heterocycles. The van der Waals surface area contributed by atoms with E-state index in [9.17, 15) is 26.4 Å². The van der Waals surface area contributed by atoms with Gasteiger partial charge in [-0.2, -0.15) is 13.2 Å². The van der Waals surface area contributed by atoms with E-state index < -0.39 is 38.5 Å². The molecule has 1 amide bonds. The topological polar surface area (TPSA) is 72.5 Å². The molecule has 9 heteroatoms. The van der Waals surface area contributed by atoms with Gasteiger partial charge in [0.05, 0.1) is 22.3 Å². The fourth-order valence-electron chi connectivity index (χ4n) is 2.26. The highest BCUT2D eigenvalue weighted by atomic mass is 32.2. The molecule has 1 rings (SSSR count). The van der Waals surface area contributed by atoms with E-state index in [4.69, 9.17) is 4.74 Å². The van der Waals surface area contributed by atoms with E-state index in [0.29, 0.717) is 0 Å². The first-order valence-electron chi connectivity index (χ1n) is 8.02. The van der Waals surface area contributed by atoms with Gasteiger partial charge in [0.15, 0.2) is 9.84 Å². The van der Waals surface area contributed by atoms with E-state index in [1.54, 1.807) is 20.8 Å². The SMILES string of the molecule is Cc1c(C(F)(F)F)cccc1S(=O)(=O)C(C)CCOC(=O)NC(C)(C)C. The summed E-state index contributed by atoms with van der Waals surface area (Å²) in [6.45, 7) is 7.63. The lowest BCUT2D eigenvalue weighted by Crippen LogP contribution is -2.41. The average molecular weight is 395 g/mol. The summed E-state index contributed by atoms with van der Waals surface area (Å²) < 4.78 is 69.1. The Bertz CT molecular complexity index is 752. The zero-order chi connectivity index (χ0) is 20.3. The van der Waals surface area contributed by atoms with Gasteiger partial charge < -0.3 is 10.1 Å². The highest BCUT2D eigenvalue weighted by Gasteiger charge is 2.35. The predicted octanol–water partition coefficient (Wildman–Crippen LogP) is 4.09. The van der Waals surface area contributed by atoms with Crippen LogP contribution in [0.2, 0.25) is 0 Å². The van der Waals surface area contributed by atoms with Gasteiger partial charge in [-0.1, -0.05) is 6.07 Å². The lowest BCUT2D eigenvalue weighted by atomic mass is 10.1. The minimum absolute atomic E-state index is 0.0322. The lowest BCUT2D eigenvalue weighted by Gasteiger charge is -2.21. The van der Waals surface area contributed by atoms with Gasteiger partial charge in [0.1, 0.15) is 0 Å². The minimum atomic E-state index is -4.63. The van der Waals surface area contributed by atoms with Gasteiger partial charge in [-0.25, -0.2) is 13.2 Å². The Balaban J connectivity index is 2.87. The Morgan fingerprint density at radius 2 is 1.81 bits per heavy atom. The van der Waals surface area contributed by atoms with Crippen LogP contribution in [0.4, 0.5) is 18.0 Å². The Hall–Kier alpha value is -1.77. The number of ether oxygens (including phenoxy) is 1. The van der Waals surface area contributed by atoms with Gasteiger partial charge in [-0.05, 0) is 58.7 Å². The van der Waals surface area contributed by atoms with Crippen molar-refractivity contribution in [3.8, 4) is 0 Å². The Kier molecular flexibility index (Phi) is 6.73. The van der Waals surface area contributed by atoms with Crippen molar-refractivity contribution in [2.45, 2.75) is 62.9 Å². The van der Waals surface area contributed by atoms with Crippen molar-refractivity contribution in [3.63, 3.8) is 0 Å². The van der Waals surface area contributed by atoms with Crippen LogP contribution in [0.15, 0.2) is 23.1 Å². The second kappa shape index (κ2) is 7.85. The monoisotopic (exact) mass is 395 g/mol. The summed E-state index contributed by atoms with van der Waals surface area (Å²) in [5.41, 5.74) is -1.81. The van der Waals surface area contributed by atoms with Crippen molar-refractivity contribution in [2.75, 3.05) is 6.61 Å². The molecule has 1 atom stereocenters. The normalized spacial score (nSPS) is 14.0. The number of carbonyl (C=O) groups is 1. The molecule has 5 nitrogen and oxygen atoms in total. The molecular weight excluding hydrogens is 371 g/mol. The zero-order valence-corrected chi connectivity index (χ0v) is 16.2. The summed E-state index contributed by atoms with van der Waals surface area (Å²) in [5.74, 6) is 0. The third-order valence-corrected chi connectivity index (χ3v) is 6.01. The molecule has 0 bridgehead atoms. The molecule has 1 aromatic carbocycles. The molecule has 0 spiro atoms. The van der Waals surface area contributed by atoms with Crippen molar-refractivity contribution >= 4 is 15.9 Å². The van der Waals surface area contributed by atoms with Crippen LogP contribution < -0.4 is 5.32 Å². The van der Waals surface area contributed by atoms with Gasteiger partial charge in [0.2, 0.25) is 0 Å². The number of benzene rings is 1. The summed E-state index contributed by atoms with van der Waals surface area (Å²) >= 11 is 0. The quantitative estimate of drug-likeness (QED) is 0.815. The second-order valence-electron chi connectivity index (χ2n) is 7.08. The number of amides is 1. The maximum Gasteiger partial charge on any atom is 0.416 e. The molecule has 26 heavy (non-hydrogen) atoms. The number of alkyl carbamates (subject to hydrolysis) is 1. The molecule has 0 radical (unpaired) electrons. The largest absolute Gasteiger partial charge is 0.450 e. The number of nitrogens with one attached hydrogen (secondary N) is 1. The maximum absolute atomic E-state index is 13.0. The van der Waals surface area contributed by atoms with Crippen LogP contribution in [0.1, 0.15) is 45.2 Å². The number of hydrogen-bond acceptors (Lipinski definition) is 4. The number of carbonyl (C=O) groups excluding carboxylic acids is 1. The van der Waals surface area contributed by atoms with E-state index in [1.165, 1.54) is 6.92 Å². The van der Waals surface area contributed by atoms with Gasteiger partial charge in [0, 0.05) is 5.54 Å². The molecule has 1 aromatic rings. The molecule has 0 aliphatic heterocycles. The molecule has 1 unspecified atom stereocenters. The van der Waals surface area contributed by atoms with Crippen molar-refractivity contribution in [3.05, 3.63) is 29.3 Å². The molecule has 148 valence electrons. The number of alkyl halides is 3. The van der Waals surface area contributed by atoms with Gasteiger partial charge in [-0.3, -0.25) is 0 Å². The molecule has 0 aliphatic carbocycles. The molecule has 0 saturated carbocycles. The first-order valence-corrected chi connectivity index (χ1v) is 9.56. The van der Waals surface area contributed by atoms with Crippen molar-refractivity contribution in [1.29, 1.82) is 0 Å². The second-order valence-corrected chi connectivity index (χ2v) is 9.42. The van der Waals surface area contributed by atoms with Crippen LogP contribution >= 0.6 is 0 Å². The van der Waals surface area contributed by atoms with Crippen LogP contribution in [0.25, 0.3) is 0 Å². The van der Waals surface area contributed by atoms with E-state index >= 15 is 0 Å². The first-order chi connectivity index (χ1) is 11.7. The number of rotatable bonds is 5. The van der Waals surface area contributed by atoms with Crippen molar-refractivity contribution < 1.29 is 31.1 Å². The Labute approximate surface area is 151 Å². The third kappa shape index (κ3) is 5.89. The van der Waals surface area contributed by atoms with Gasteiger partial charge in [0.25, 0.3) is 0 Å². The molecular formula is C17H24F3NO4S. The minimum Gasteiger partial charge on any atom is -0.450 e. The predicted molar refractivity (Wildman–Crippen MR) is 91.7 cm³/mol. The fraction of sp³-hybridized carbons (Fsp3) is 0.588. The molecule has 0 aliphatic rings. The molecule has 0 fully saturated rings. The fourth-order valence-corrected chi connectivity index (χ4v) is 3.91. The first kappa shape index (κ1) is 22.3. The van der Waals surface area contributed by atoms with E-state index in [2.05, 4.69) is 5.32 Å². The molecule has 0 aromatic heterocycles. The van der Waals surface area contributed by atoms with E-state index in [1.807, 2.05) is 0 Å². The number of sulfone groups is 1. The van der Waals surface area contributed by atoms with Crippen LogP contribution in [-0.4, -0.2) is 31.9 Å². The lowest BCUT2D eigenvalue weighted by molar-refractivity contribution is -0.138. The summed E-state index contributed by atoms with van der Waals surface area (Å²) in [4.78, 5) is 11.2. The summed E-state index contributed by atoms with van der Waals surface area (Å²) in [6, 6.07) is 3.07. The standard InChI is InChI=1S/C17H24F3NO4S/c1-11(9-10-25-15(22)21-16(3,4)5)26(23,24)14-8-6-7-13(12(14)2)17(18,19)20/h6-8,11H,9-10H2,1-5H3,(H,21,22). The zero-order valence-electron chi connectivity index (χ0n) is 15.4. The van der Waals surface area contributed by atoms with Gasteiger partial charge >= 0.3 is 12.3 Å². The molecule has 1 N–H and O–H groups in total. The van der Waals surface area contributed by atoms with Crippen LogP contribution in [-0.2, 0) is 20.8 Å². The van der Waals surface area contributed by atoms with Crippen LogP contribution in [0, 0.1) is 6.92 Å². The highest BCUT2D eigenvalue weighted by molar-refractivity contribution is 7.92. The van der Waals surface area contributed by atoms with E-state index in [0.717, 1.165) is 25.1 Å². The summed E-state index contributed by atoms with van der Waals surface area (Å²) in [7, 11) is -4.00. The van der Waals surface area contributed by atoms with Crippen LogP contribution in [0.5, 0.6) is 0 Å². The van der Waals surface area contributed by atoms with Crippen molar-refractivity contribution in [1.82, 2.24) is 5.32 Å². The van der Waals surface area contributed by atoms with E-state index in [-0.39, 0.29) is 23.5 Å².